The van der Waals surface area contributed by atoms with Gasteiger partial charge in [-0.1, -0.05) is 20.3 Å². The van der Waals surface area contributed by atoms with Crippen molar-refractivity contribution in [2.45, 2.75) is 58.5 Å². The summed E-state index contributed by atoms with van der Waals surface area (Å²) < 4.78 is 5.56. The lowest BCUT2D eigenvalue weighted by Gasteiger charge is -2.36. The molecular formula is C14H30N2O. The minimum Gasteiger partial charge on any atom is -0.381 e. The van der Waals surface area contributed by atoms with Crippen LogP contribution in [0.5, 0.6) is 0 Å². The Balaban J connectivity index is 2.45. The van der Waals surface area contributed by atoms with Crippen LogP contribution >= 0.6 is 0 Å². The van der Waals surface area contributed by atoms with Gasteiger partial charge in [0, 0.05) is 31.2 Å². The molecule has 0 amide bonds. The van der Waals surface area contributed by atoms with Gasteiger partial charge in [-0.3, -0.25) is 0 Å². The molecule has 102 valence electrons. The van der Waals surface area contributed by atoms with E-state index in [9.17, 15) is 0 Å². The van der Waals surface area contributed by atoms with Crippen LogP contribution in [0.15, 0.2) is 0 Å². The Bertz CT molecular complexity index is 199. The van der Waals surface area contributed by atoms with Crippen molar-refractivity contribution in [3.05, 3.63) is 0 Å². The van der Waals surface area contributed by atoms with Gasteiger partial charge in [-0.15, -0.1) is 0 Å². The molecule has 1 heterocycles. The zero-order chi connectivity index (χ0) is 12.7. The molecule has 2 N–H and O–H groups in total. The molecule has 1 rings (SSSR count). The molecule has 3 unspecified atom stereocenters. The third-order valence-electron chi connectivity index (χ3n) is 4.02. The van der Waals surface area contributed by atoms with Crippen molar-refractivity contribution in [1.29, 1.82) is 0 Å². The predicted octanol–water partition coefficient (Wildman–Crippen LogP) is 2.25. The molecular weight excluding hydrogens is 212 g/mol. The summed E-state index contributed by atoms with van der Waals surface area (Å²) >= 11 is 0. The minimum absolute atomic E-state index is 0.330. The molecule has 0 saturated carbocycles. The Labute approximate surface area is 107 Å². The fourth-order valence-electron chi connectivity index (χ4n) is 2.41. The van der Waals surface area contributed by atoms with E-state index in [-0.39, 0.29) is 0 Å². The summed E-state index contributed by atoms with van der Waals surface area (Å²) in [5.74, 6) is 0.523. The van der Waals surface area contributed by atoms with E-state index >= 15 is 0 Å². The number of unbranched alkanes of at least 4 members (excludes halogenated alkanes) is 1. The standard InChI is InChI=1S/C14H30N2O/c1-4-6-8-16(12(3)5-2)10-13-11-17-9-7-14(13)15/h12-14H,4-11,15H2,1-3H3. The Morgan fingerprint density at radius 3 is 2.76 bits per heavy atom. The maximum Gasteiger partial charge on any atom is 0.0521 e. The Kier molecular flexibility index (Phi) is 7.09. The second-order valence-corrected chi connectivity index (χ2v) is 5.39. The number of hydrogen-bond donors (Lipinski definition) is 1. The fraction of sp³-hybridized carbons (Fsp3) is 1.00. The molecule has 0 aromatic heterocycles. The number of nitrogens with zero attached hydrogens (tertiary/aromatic N) is 1. The average molecular weight is 242 g/mol. The van der Waals surface area contributed by atoms with Crippen LogP contribution in [0.3, 0.4) is 0 Å². The maximum atomic E-state index is 6.19. The summed E-state index contributed by atoms with van der Waals surface area (Å²) in [6.45, 7) is 10.8. The van der Waals surface area contributed by atoms with Gasteiger partial charge in [-0.25, -0.2) is 0 Å². The predicted molar refractivity (Wildman–Crippen MR) is 73.1 cm³/mol. The van der Waals surface area contributed by atoms with E-state index in [0.29, 0.717) is 18.0 Å². The van der Waals surface area contributed by atoms with Crippen LogP contribution in [0.4, 0.5) is 0 Å². The van der Waals surface area contributed by atoms with Gasteiger partial charge >= 0.3 is 0 Å². The van der Waals surface area contributed by atoms with Crippen LogP contribution in [0.25, 0.3) is 0 Å². The smallest absolute Gasteiger partial charge is 0.0521 e. The Morgan fingerprint density at radius 2 is 2.18 bits per heavy atom. The molecule has 1 saturated heterocycles. The second-order valence-electron chi connectivity index (χ2n) is 5.39. The Morgan fingerprint density at radius 1 is 1.41 bits per heavy atom. The van der Waals surface area contributed by atoms with Crippen LogP contribution < -0.4 is 5.73 Å². The lowest BCUT2D eigenvalue weighted by Crippen LogP contribution is -2.47. The number of hydrogen-bond acceptors (Lipinski definition) is 3. The first-order valence-electron chi connectivity index (χ1n) is 7.26. The van der Waals surface area contributed by atoms with Crippen LogP contribution in [-0.2, 0) is 4.74 Å². The summed E-state index contributed by atoms with van der Waals surface area (Å²) in [4.78, 5) is 2.60. The fourth-order valence-corrected chi connectivity index (χ4v) is 2.41. The van der Waals surface area contributed by atoms with Crippen molar-refractivity contribution in [3.63, 3.8) is 0 Å². The summed E-state index contributed by atoms with van der Waals surface area (Å²) in [5.41, 5.74) is 6.19. The molecule has 0 radical (unpaired) electrons. The van der Waals surface area contributed by atoms with Crippen LogP contribution in [0.2, 0.25) is 0 Å². The number of ether oxygens (including phenoxy) is 1. The van der Waals surface area contributed by atoms with Crippen molar-refractivity contribution in [2.24, 2.45) is 11.7 Å². The van der Waals surface area contributed by atoms with Crippen LogP contribution in [-0.4, -0.2) is 43.3 Å². The molecule has 1 aliphatic heterocycles. The largest absolute Gasteiger partial charge is 0.381 e. The van der Waals surface area contributed by atoms with Crippen molar-refractivity contribution < 1.29 is 4.74 Å². The first kappa shape index (κ1) is 14.9. The van der Waals surface area contributed by atoms with E-state index in [1.165, 1.54) is 25.8 Å². The van der Waals surface area contributed by atoms with Crippen LogP contribution in [0, 0.1) is 5.92 Å². The molecule has 3 heteroatoms. The maximum absolute atomic E-state index is 6.19. The second kappa shape index (κ2) is 8.06. The van der Waals surface area contributed by atoms with Gasteiger partial charge in [0.05, 0.1) is 6.61 Å². The minimum atomic E-state index is 0.330. The van der Waals surface area contributed by atoms with Gasteiger partial charge in [0.2, 0.25) is 0 Å². The molecule has 1 fully saturated rings. The molecule has 0 bridgehead atoms. The van der Waals surface area contributed by atoms with Gasteiger partial charge in [0.15, 0.2) is 0 Å². The first-order chi connectivity index (χ1) is 8.19. The SMILES string of the molecule is CCCCN(CC1COCCC1N)C(C)CC. The quantitative estimate of drug-likeness (QED) is 0.744. The summed E-state index contributed by atoms with van der Waals surface area (Å²) in [7, 11) is 0. The number of rotatable bonds is 7. The molecule has 3 atom stereocenters. The Hall–Kier alpha value is -0.120. The topological polar surface area (TPSA) is 38.5 Å². The van der Waals surface area contributed by atoms with Crippen LogP contribution in [0.1, 0.15) is 46.5 Å². The normalized spacial score (nSPS) is 27.4. The third kappa shape index (κ3) is 4.94. The molecule has 0 spiro atoms. The first-order valence-corrected chi connectivity index (χ1v) is 7.26. The van der Waals surface area contributed by atoms with E-state index < -0.39 is 0 Å². The molecule has 0 aromatic rings. The van der Waals surface area contributed by atoms with Gasteiger partial charge in [0.25, 0.3) is 0 Å². The molecule has 1 aliphatic rings. The molecule has 17 heavy (non-hydrogen) atoms. The van der Waals surface area contributed by atoms with E-state index in [1.54, 1.807) is 0 Å². The third-order valence-corrected chi connectivity index (χ3v) is 4.02. The highest BCUT2D eigenvalue weighted by Crippen LogP contribution is 2.17. The molecule has 0 aliphatic carbocycles. The van der Waals surface area contributed by atoms with E-state index in [2.05, 4.69) is 25.7 Å². The van der Waals surface area contributed by atoms with Crippen molar-refractivity contribution in [2.75, 3.05) is 26.3 Å². The molecule has 3 nitrogen and oxygen atoms in total. The van der Waals surface area contributed by atoms with E-state index in [1.807, 2.05) is 0 Å². The monoisotopic (exact) mass is 242 g/mol. The van der Waals surface area contributed by atoms with Crippen molar-refractivity contribution in [3.8, 4) is 0 Å². The van der Waals surface area contributed by atoms with E-state index in [0.717, 1.165) is 26.2 Å². The lowest BCUT2D eigenvalue weighted by molar-refractivity contribution is 0.0196. The zero-order valence-corrected chi connectivity index (χ0v) is 11.8. The summed E-state index contributed by atoms with van der Waals surface area (Å²) in [6, 6.07) is 0.993. The van der Waals surface area contributed by atoms with E-state index in [4.69, 9.17) is 10.5 Å². The number of nitrogens with two attached hydrogens (primary N) is 1. The lowest BCUT2D eigenvalue weighted by atomic mass is 9.95. The van der Waals surface area contributed by atoms with Crippen molar-refractivity contribution >= 4 is 0 Å². The van der Waals surface area contributed by atoms with Crippen molar-refractivity contribution in [1.82, 2.24) is 4.90 Å². The highest BCUT2D eigenvalue weighted by atomic mass is 16.5. The van der Waals surface area contributed by atoms with Gasteiger partial charge in [0.1, 0.15) is 0 Å². The summed E-state index contributed by atoms with van der Waals surface area (Å²) in [6.07, 6.45) is 4.78. The zero-order valence-electron chi connectivity index (χ0n) is 11.8. The van der Waals surface area contributed by atoms with Gasteiger partial charge in [-0.05, 0) is 32.7 Å². The highest BCUT2D eigenvalue weighted by molar-refractivity contribution is 4.80. The highest BCUT2D eigenvalue weighted by Gasteiger charge is 2.25. The van der Waals surface area contributed by atoms with Gasteiger partial charge in [-0.2, -0.15) is 0 Å². The molecule has 0 aromatic carbocycles. The summed E-state index contributed by atoms with van der Waals surface area (Å²) in [5, 5.41) is 0. The van der Waals surface area contributed by atoms with Gasteiger partial charge < -0.3 is 15.4 Å². The average Bonchev–Trinajstić information content (AvgIpc) is 2.35.